The zero-order valence-corrected chi connectivity index (χ0v) is 9.63. The predicted octanol–water partition coefficient (Wildman–Crippen LogP) is 0.951. The summed E-state index contributed by atoms with van der Waals surface area (Å²) in [4.78, 5) is 2.36. The molecule has 0 aliphatic rings. The molecule has 0 aliphatic heterocycles. The summed E-state index contributed by atoms with van der Waals surface area (Å²) in [6, 6.07) is 1.19. The van der Waals surface area contributed by atoms with E-state index in [9.17, 15) is 0 Å². The Kier molecular flexibility index (Phi) is 7.23. The second-order valence-corrected chi connectivity index (χ2v) is 3.81. The van der Waals surface area contributed by atoms with Crippen molar-refractivity contribution >= 4 is 0 Å². The van der Waals surface area contributed by atoms with Gasteiger partial charge < -0.3 is 15.0 Å². The normalized spacial score (nSPS) is 14.1. The van der Waals surface area contributed by atoms with Crippen LogP contribution in [0.5, 0.6) is 0 Å². The van der Waals surface area contributed by atoms with Crippen LogP contribution < -0.4 is 5.32 Å². The molecule has 1 N–H and O–H groups in total. The second-order valence-electron chi connectivity index (χ2n) is 3.81. The Morgan fingerprint density at radius 2 is 1.92 bits per heavy atom. The molecule has 80 valence electrons. The van der Waals surface area contributed by atoms with Crippen LogP contribution >= 0.6 is 0 Å². The smallest absolute Gasteiger partial charge is 0.0587 e. The summed E-state index contributed by atoms with van der Waals surface area (Å²) in [6.45, 7) is 9.42. The summed E-state index contributed by atoms with van der Waals surface area (Å²) < 4.78 is 4.96. The van der Waals surface area contributed by atoms with Crippen molar-refractivity contribution in [2.75, 3.05) is 33.9 Å². The lowest BCUT2D eigenvalue weighted by atomic mass is 10.2. The maximum atomic E-state index is 4.96. The Hall–Kier alpha value is -0.120. The van der Waals surface area contributed by atoms with Crippen molar-refractivity contribution in [2.24, 2.45) is 0 Å². The summed E-state index contributed by atoms with van der Waals surface area (Å²) in [5.74, 6) is 0. The monoisotopic (exact) mass is 188 g/mol. The molecule has 0 rings (SSSR count). The maximum absolute atomic E-state index is 4.96. The fourth-order valence-electron chi connectivity index (χ4n) is 1.14. The van der Waals surface area contributed by atoms with Gasteiger partial charge in [0.15, 0.2) is 0 Å². The van der Waals surface area contributed by atoms with Gasteiger partial charge in [-0.05, 0) is 27.8 Å². The highest BCUT2D eigenvalue weighted by molar-refractivity contribution is 4.68. The zero-order chi connectivity index (χ0) is 10.3. The van der Waals surface area contributed by atoms with Crippen LogP contribution in [0.1, 0.15) is 20.8 Å². The fraction of sp³-hybridized carbons (Fsp3) is 1.00. The molecule has 0 aliphatic carbocycles. The van der Waals surface area contributed by atoms with E-state index in [1.54, 1.807) is 7.11 Å². The van der Waals surface area contributed by atoms with E-state index in [1.165, 1.54) is 0 Å². The molecule has 0 amide bonds. The van der Waals surface area contributed by atoms with Crippen LogP contribution in [0.4, 0.5) is 0 Å². The Labute approximate surface area is 82.4 Å². The number of hydrogen-bond acceptors (Lipinski definition) is 3. The van der Waals surface area contributed by atoms with E-state index in [-0.39, 0.29) is 0 Å². The van der Waals surface area contributed by atoms with Crippen molar-refractivity contribution in [2.45, 2.75) is 32.9 Å². The molecule has 0 aromatic rings. The van der Waals surface area contributed by atoms with Gasteiger partial charge in [0, 0.05) is 32.3 Å². The summed E-state index contributed by atoms with van der Waals surface area (Å²) in [7, 11) is 3.89. The van der Waals surface area contributed by atoms with E-state index < -0.39 is 0 Å². The summed E-state index contributed by atoms with van der Waals surface area (Å²) >= 11 is 0. The molecule has 0 aromatic heterocycles. The summed E-state index contributed by atoms with van der Waals surface area (Å²) in [6.07, 6.45) is 0. The van der Waals surface area contributed by atoms with Gasteiger partial charge >= 0.3 is 0 Å². The third-order valence-electron chi connectivity index (χ3n) is 2.43. The predicted molar refractivity (Wildman–Crippen MR) is 57.1 cm³/mol. The van der Waals surface area contributed by atoms with Gasteiger partial charge in [-0.1, -0.05) is 0 Å². The average Bonchev–Trinajstić information content (AvgIpc) is 2.10. The molecule has 1 atom stereocenters. The molecular weight excluding hydrogens is 164 g/mol. The van der Waals surface area contributed by atoms with Crippen molar-refractivity contribution in [3.63, 3.8) is 0 Å². The van der Waals surface area contributed by atoms with Crippen molar-refractivity contribution in [3.05, 3.63) is 0 Å². The van der Waals surface area contributed by atoms with Gasteiger partial charge in [-0.15, -0.1) is 0 Å². The highest BCUT2D eigenvalue weighted by Crippen LogP contribution is 1.99. The maximum Gasteiger partial charge on any atom is 0.0587 e. The Bertz CT molecular complexity index is 117. The first kappa shape index (κ1) is 12.9. The molecule has 0 fully saturated rings. The molecule has 0 heterocycles. The number of ether oxygens (including phenoxy) is 1. The van der Waals surface area contributed by atoms with Crippen molar-refractivity contribution in [3.8, 4) is 0 Å². The number of rotatable bonds is 7. The largest absolute Gasteiger partial charge is 0.383 e. The minimum atomic E-state index is 0.580. The van der Waals surface area contributed by atoms with E-state index in [2.05, 4.69) is 38.0 Å². The minimum Gasteiger partial charge on any atom is -0.383 e. The molecule has 1 unspecified atom stereocenters. The van der Waals surface area contributed by atoms with E-state index >= 15 is 0 Å². The number of methoxy groups -OCH3 is 1. The highest BCUT2D eigenvalue weighted by atomic mass is 16.5. The second kappa shape index (κ2) is 7.30. The topological polar surface area (TPSA) is 24.5 Å². The third-order valence-corrected chi connectivity index (χ3v) is 2.43. The molecule has 0 saturated carbocycles. The van der Waals surface area contributed by atoms with E-state index in [0.717, 1.165) is 19.7 Å². The van der Waals surface area contributed by atoms with E-state index in [1.807, 2.05) is 0 Å². The number of likely N-dealkylation sites (N-methyl/N-ethyl adjacent to an activating group) is 1. The molecule has 3 heteroatoms. The van der Waals surface area contributed by atoms with Gasteiger partial charge in [0.1, 0.15) is 0 Å². The standard InChI is InChI=1S/C10H24N2O/c1-9(2)12(4)10(3)8-11-6-7-13-5/h9-11H,6-8H2,1-5H3. The van der Waals surface area contributed by atoms with Crippen molar-refractivity contribution < 1.29 is 4.74 Å². The van der Waals surface area contributed by atoms with Crippen LogP contribution in [0.25, 0.3) is 0 Å². The van der Waals surface area contributed by atoms with Crippen LogP contribution in [-0.4, -0.2) is 50.8 Å². The quantitative estimate of drug-likeness (QED) is 0.602. The fourth-order valence-corrected chi connectivity index (χ4v) is 1.14. The summed E-state index contributed by atoms with van der Waals surface area (Å²) in [5.41, 5.74) is 0. The van der Waals surface area contributed by atoms with Gasteiger partial charge in [-0.2, -0.15) is 0 Å². The SMILES string of the molecule is COCCNCC(C)N(C)C(C)C. The third kappa shape index (κ3) is 6.02. The van der Waals surface area contributed by atoms with E-state index in [4.69, 9.17) is 4.74 Å². The van der Waals surface area contributed by atoms with Crippen LogP contribution in [0.2, 0.25) is 0 Å². The van der Waals surface area contributed by atoms with Crippen molar-refractivity contribution in [1.82, 2.24) is 10.2 Å². The minimum absolute atomic E-state index is 0.580. The lowest BCUT2D eigenvalue weighted by Gasteiger charge is -2.28. The van der Waals surface area contributed by atoms with Crippen LogP contribution in [-0.2, 0) is 4.74 Å². The molecule has 13 heavy (non-hydrogen) atoms. The number of nitrogens with one attached hydrogen (secondary N) is 1. The van der Waals surface area contributed by atoms with Gasteiger partial charge in [0.05, 0.1) is 6.61 Å². The van der Waals surface area contributed by atoms with Gasteiger partial charge in [-0.25, -0.2) is 0 Å². The Balaban J connectivity index is 3.44. The van der Waals surface area contributed by atoms with Crippen LogP contribution in [0.15, 0.2) is 0 Å². The first-order valence-corrected chi connectivity index (χ1v) is 5.01. The Morgan fingerprint density at radius 1 is 1.31 bits per heavy atom. The summed E-state index contributed by atoms with van der Waals surface area (Å²) in [5, 5.41) is 3.36. The highest BCUT2D eigenvalue weighted by Gasteiger charge is 2.10. The molecule has 0 aromatic carbocycles. The average molecular weight is 188 g/mol. The van der Waals surface area contributed by atoms with Gasteiger partial charge in [-0.3, -0.25) is 0 Å². The molecular formula is C10H24N2O. The molecule has 3 nitrogen and oxygen atoms in total. The zero-order valence-electron chi connectivity index (χ0n) is 9.63. The molecule has 0 radical (unpaired) electrons. The first-order chi connectivity index (χ1) is 6.09. The number of hydrogen-bond donors (Lipinski definition) is 1. The van der Waals surface area contributed by atoms with Crippen LogP contribution in [0.3, 0.4) is 0 Å². The van der Waals surface area contributed by atoms with Crippen LogP contribution in [0, 0.1) is 0 Å². The molecule has 0 spiro atoms. The molecule has 0 saturated heterocycles. The van der Waals surface area contributed by atoms with Gasteiger partial charge in [0.2, 0.25) is 0 Å². The van der Waals surface area contributed by atoms with E-state index in [0.29, 0.717) is 12.1 Å². The van der Waals surface area contributed by atoms with Crippen molar-refractivity contribution in [1.29, 1.82) is 0 Å². The Morgan fingerprint density at radius 3 is 2.38 bits per heavy atom. The first-order valence-electron chi connectivity index (χ1n) is 5.01. The lowest BCUT2D eigenvalue weighted by Crippen LogP contribution is -2.42. The molecule has 0 bridgehead atoms. The van der Waals surface area contributed by atoms with Gasteiger partial charge in [0.25, 0.3) is 0 Å². The lowest BCUT2D eigenvalue weighted by molar-refractivity contribution is 0.182. The number of nitrogens with zero attached hydrogens (tertiary/aromatic N) is 1.